The fourth-order valence-electron chi connectivity index (χ4n) is 7.55. The van der Waals surface area contributed by atoms with E-state index in [2.05, 4.69) is 16.0 Å². The molecule has 3 unspecified atom stereocenters. The number of amides is 1. The molecule has 45 heavy (non-hydrogen) atoms. The second kappa shape index (κ2) is 11.6. The number of pyridine rings is 1. The molecule has 0 fully saturated rings. The summed E-state index contributed by atoms with van der Waals surface area (Å²) >= 11 is 0. The van der Waals surface area contributed by atoms with Crippen molar-refractivity contribution in [3.8, 4) is 16.9 Å². The van der Waals surface area contributed by atoms with Crippen molar-refractivity contribution in [1.82, 2.24) is 14.8 Å². The number of ketones is 2. The molecule has 5 N–H and O–H groups in total. The van der Waals surface area contributed by atoms with Gasteiger partial charge in [0.05, 0.1) is 17.5 Å². The van der Waals surface area contributed by atoms with Crippen LogP contribution in [0.5, 0.6) is 5.75 Å². The summed E-state index contributed by atoms with van der Waals surface area (Å²) in [6, 6.07) is 14.5. The van der Waals surface area contributed by atoms with Gasteiger partial charge in [-0.3, -0.25) is 29.2 Å². The van der Waals surface area contributed by atoms with E-state index in [9.17, 15) is 29.7 Å². The van der Waals surface area contributed by atoms with Gasteiger partial charge < -0.3 is 21.1 Å². The number of rotatable bonds is 7. The Hall–Kier alpha value is -4.80. The van der Waals surface area contributed by atoms with Gasteiger partial charge in [-0.1, -0.05) is 30.3 Å². The second-order valence-electron chi connectivity index (χ2n) is 12.5. The van der Waals surface area contributed by atoms with Crippen molar-refractivity contribution in [2.45, 2.75) is 32.0 Å². The number of benzene rings is 2. The number of carbonyl (C=O) groups is 3. The number of hydrogen-bond donors (Lipinski definition) is 4. The topological polar surface area (TPSA) is 157 Å². The van der Waals surface area contributed by atoms with Crippen LogP contribution in [0.15, 0.2) is 83.6 Å². The summed E-state index contributed by atoms with van der Waals surface area (Å²) in [4.78, 5) is 47.7. The highest BCUT2D eigenvalue weighted by Crippen LogP contribution is 2.51. The summed E-state index contributed by atoms with van der Waals surface area (Å²) in [6.07, 6.45) is 4.23. The number of aromatic nitrogens is 1. The molecule has 3 aliphatic rings. The van der Waals surface area contributed by atoms with E-state index in [4.69, 9.17) is 5.73 Å². The molecule has 3 aliphatic carbocycles. The van der Waals surface area contributed by atoms with Crippen molar-refractivity contribution in [1.29, 1.82) is 0 Å². The molecule has 4 atom stereocenters. The van der Waals surface area contributed by atoms with Crippen molar-refractivity contribution in [2.24, 2.45) is 23.5 Å². The smallest absolute Gasteiger partial charge is 0.255 e. The first-order valence-electron chi connectivity index (χ1n) is 14.9. The Bertz CT molecular complexity index is 1780. The SMILES string of the molecule is CN(Cc1cccnc1)Cc1cccc(-c2ccc(O)c3c2CC2CC4C(C(=O)C(C(N)=O)=C(O)[C@H]4N(C)C)C(O)=C2C3=O)c1. The van der Waals surface area contributed by atoms with E-state index in [0.29, 0.717) is 24.9 Å². The van der Waals surface area contributed by atoms with E-state index in [0.717, 1.165) is 28.8 Å². The molecule has 10 heteroatoms. The van der Waals surface area contributed by atoms with E-state index < -0.39 is 58.4 Å². The first-order valence-corrected chi connectivity index (χ1v) is 14.9. The number of carbonyl (C=O) groups excluding carboxylic acids is 3. The van der Waals surface area contributed by atoms with Crippen LogP contribution >= 0.6 is 0 Å². The maximum absolute atomic E-state index is 14.1. The highest BCUT2D eigenvalue weighted by Gasteiger charge is 2.54. The number of Topliss-reactive ketones (excluding diaryl/α,β-unsaturated/α-hetero) is 2. The Morgan fingerprint density at radius 2 is 1.71 bits per heavy atom. The molecule has 0 aliphatic heterocycles. The van der Waals surface area contributed by atoms with Crippen LogP contribution < -0.4 is 5.73 Å². The standard InChI is InChI=1S/C35H36N4O6/c1-38(2)30-24-14-21-13-23-22(20-8-4-6-18(12-20)16-39(3)17-19-7-5-11-37-15-19)9-10-25(40)27(23)31(41)26(21)32(42)28(24)33(43)29(34(30)44)35(36)45/h4-12,15,21,24,28,30,40,42,44H,13-14,16-17H2,1-3H3,(H2,36,45)/t21?,24?,28?,30-/m0/s1. The molecule has 0 bridgehead atoms. The fourth-order valence-corrected chi connectivity index (χ4v) is 7.55. The molecule has 0 spiro atoms. The monoisotopic (exact) mass is 608 g/mol. The summed E-state index contributed by atoms with van der Waals surface area (Å²) in [5, 5.41) is 33.4. The predicted octanol–water partition coefficient (Wildman–Crippen LogP) is 3.70. The number of fused-ring (bicyclic) bond motifs is 3. The lowest BCUT2D eigenvalue weighted by atomic mass is 9.60. The van der Waals surface area contributed by atoms with E-state index in [1.54, 1.807) is 31.3 Å². The Morgan fingerprint density at radius 1 is 0.978 bits per heavy atom. The molecule has 2 aromatic carbocycles. The van der Waals surface area contributed by atoms with Crippen molar-refractivity contribution in [2.75, 3.05) is 21.1 Å². The minimum Gasteiger partial charge on any atom is -0.511 e. The Kier molecular flexibility index (Phi) is 7.80. The van der Waals surface area contributed by atoms with Crippen LogP contribution in [0.4, 0.5) is 0 Å². The molecule has 1 heterocycles. The Labute approximate surface area is 261 Å². The molecule has 3 aromatic rings. The van der Waals surface area contributed by atoms with Gasteiger partial charge in [0.1, 0.15) is 22.8 Å². The lowest BCUT2D eigenvalue weighted by Gasteiger charge is -2.46. The molecular weight excluding hydrogens is 572 g/mol. The average Bonchev–Trinajstić information content (AvgIpc) is 2.97. The normalized spacial score (nSPS) is 22.9. The highest BCUT2D eigenvalue weighted by atomic mass is 16.3. The lowest BCUT2D eigenvalue weighted by molar-refractivity contribution is -0.127. The van der Waals surface area contributed by atoms with E-state index in [1.807, 2.05) is 43.6 Å². The molecule has 232 valence electrons. The molecular formula is C35H36N4O6. The summed E-state index contributed by atoms with van der Waals surface area (Å²) in [7, 11) is 5.45. The number of hydrogen-bond acceptors (Lipinski definition) is 9. The van der Waals surface area contributed by atoms with Gasteiger partial charge in [-0.05, 0) is 91.8 Å². The molecule has 1 amide bonds. The third-order valence-corrected chi connectivity index (χ3v) is 9.32. The van der Waals surface area contributed by atoms with Crippen LogP contribution in [0, 0.1) is 17.8 Å². The zero-order valence-corrected chi connectivity index (χ0v) is 25.4. The second-order valence-corrected chi connectivity index (χ2v) is 12.5. The van der Waals surface area contributed by atoms with Gasteiger partial charge in [0.25, 0.3) is 5.91 Å². The van der Waals surface area contributed by atoms with Gasteiger partial charge in [-0.25, -0.2) is 0 Å². The van der Waals surface area contributed by atoms with Crippen LogP contribution in [0.25, 0.3) is 11.1 Å². The van der Waals surface area contributed by atoms with Gasteiger partial charge in [0, 0.05) is 31.1 Å². The minimum absolute atomic E-state index is 0.0676. The highest BCUT2D eigenvalue weighted by molar-refractivity contribution is 6.22. The fraction of sp³-hybridized carbons (Fsp3) is 0.314. The van der Waals surface area contributed by atoms with Crippen LogP contribution in [0.2, 0.25) is 0 Å². The first-order chi connectivity index (χ1) is 21.5. The molecule has 0 saturated heterocycles. The Balaban J connectivity index is 1.37. The maximum atomic E-state index is 14.1. The first kappa shape index (κ1) is 30.2. The van der Waals surface area contributed by atoms with E-state index in [-0.39, 0.29) is 16.9 Å². The number of nitrogens with two attached hydrogens (primary N) is 1. The number of likely N-dealkylation sites (N-methyl/N-ethyl adjacent to an activating group) is 1. The average molecular weight is 609 g/mol. The van der Waals surface area contributed by atoms with Gasteiger partial charge >= 0.3 is 0 Å². The summed E-state index contributed by atoms with van der Waals surface area (Å²) in [6.45, 7) is 1.41. The molecule has 0 radical (unpaired) electrons. The molecule has 0 saturated carbocycles. The summed E-state index contributed by atoms with van der Waals surface area (Å²) < 4.78 is 0. The molecule has 10 nitrogen and oxygen atoms in total. The summed E-state index contributed by atoms with van der Waals surface area (Å²) in [5.41, 5.74) is 9.62. The number of aromatic hydroxyl groups is 1. The third kappa shape index (κ3) is 5.19. The minimum atomic E-state index is -1.21. The quantitative estimate of drug-likeness (QED) is 0.294. The van der Waals surface area contributed by atoms with Gasteiger partial charge in [-0.15, -0.1) is 0 Å². The number of allylic oxidation sites excluding steroid dienone is 2. The van der Waals surface area contributed by atoms with Crippen LogP contribution in [0.3, 0.4) is 0 Å². The van der Waals surface area contributed by atoms with Crippen molar-refractivity contribution in [3.63, 3.8) is 0 Å². The van der Waals surface area contributed by atoms with Gasteiger partial charge in [0.2, 0.25) is 0 Å². The van der Waals surface area contributed by atoms with Gasteiger partial charge in [-0.2, -0.15) is 0 Å². The van der Waals surface area contributed by atoms with Crippen molar-refractivity contribution >= 4 is 17.5 Å². The lowest BCUT2D eigenvalue weighted by Crippen LogP contribution is -2.53. The maximum Gasteiger partial charge on any atom is 0.255 e. The number of primary amides is 1. The largest absolute Gasteiger partial charge is 0.511 e. The number of nitrogens with zero attached hydrogens (tertiary/aromatic N) is 3. The van der Waals surface area contributed by atoms with Crippen molar-refractivity contribution < 1.29 is 29.7 Å². The Morgan fingerprint density at radius 3 is 2.40 bits per heavy atom. The van der Waals surface area contributed by atoms with Crippen LogP contribution in [-0.4, -0.2) is 74.8 Å². The molecule has 6 rings (SSSR count). The number of phenolic OH excluding ortho intramolecular Hbond substituents is 1. The van der Waals surface area contributed by atoms with Crippen LogP contribution in [-0.2, 0) is 29.1 Å². The number of aliphatic hydroxyl groups is 2. The molecule has 1 aromatic heterocycles. The van der Waals surface area contributed by atoms with E-state index in [1.165, 1.54) is 6.07 Å². The zero-order valence-electron chi connectivity index (χ0n) is 25.4. The summed E-state index contributed by atoms with van der Waals surface area (Å²) in [5.74, 6) is -5.75. The van der Waals surface area contributed by atoms with Crippen molar-refractivity contribution in [3.05, 3.63) is 106 Å². The third-order valence-electron chi connectivity index (χ3n) is 9.32. The number of aliphatic hydroxyl groups excluding tert-OH is 2. The van der Waals surface area contributed by atoms with Gasteiger partial charge in [0.15, 0.2) is 11.6 Å². The van der Waals surface area contributed by atoms with Crippen LogP contribution in [0.1, 0.15) is 33.5 Å². The zero-order chi connectivity index (χ0) is 32.2. The predicted molar refractivity (Wildman–Crippen MR) is 167 cm³/mol. The van der Waals surface area contributed by atoms with E-state index >= 15 is 0 Å². The number of phenols is 1.